The highest BCUT2D eigenvalue weighted by Gasteiger charge is 2.40. The second-order valence-electron chi connectivity index (χ2n) is 9.38. The SMILES string of the molecule is NC1(Cc2ccc(F)cc2F)N=C(Nc2cc(-c3ccccc3)[nH]n2)C2=CNN(C3CCNCC3)C2=N1. The third-order valence-corrected chi connectivity index (χ3v) is 6.73. The molecule has 1 unspecified atom stereocenters. The summed E-state index contributed by atoms with van der Waals surface area (Å²) in [4.78, 5) is 9.50. The fourth-order valence-corrected chi connectivity index (χ4v) is 4.88. The van der Waals surface area contributed by atoms with Gasteiger partial charge in [0, 0.05) is 24.8 Å². The summed E-state index contributed by atoms with van der Waals surface area (Å²) in [5.41, 5.74) is 12.8. The molecule has 3 aliphatic heterocycles. The molecule has 0 amide bonds. The van der Waals surface area contributed by atoms with E-state index >= 15 is 0 Å². The second kappa shape index (κ2) is 9.41. The first-order valence-corrected chi connectivity index (χ1v) is 12.2. The fourth-order valence-electron chi connectivity index (χ4n) is 4.88. The van der Waals surface area contributed by atoms with Crippen molar-refractivity contribution in [1.82, 2.24) is 25.9 Å². The van der Waals surface area contributed by atoms with Crippen LogP contribution >= 0.6 is 0 Å². The number of benzene rings is 2. The van der Waals surface area contributed by atoms with Crippen LogP contribution in [-0.2, 0) is 6.42 Å². The summed E-state index contributed by atoms with van der Waals surface area (Å²) in [6.07, 6.45) is 3.65. The van der Waals surface area contributed by atoms with Gasteiger partial charge < -0.3 is 16.1 Å². The van der Waals surface area contributed by atoms with Crippen molar-refractivity contribution in [1.29, 1.82) is 0 Å². The molecule has 1 aromatic heterocycles. The summed E-state index contributed by atoms with van der Waals surface area (Å²) in [5.74, 6) is -1.20. The predicted octanol–water partition coefficient (Wildman–Crippen LogP) is 2.89. The summed E-state index contributed by atoms with van der Waals surface area (Å²) in [6.45, 7) is 1.80. The number of hydrogen-bond acceptors (Lipinski definition) is 8. The second-order valence-corrected chi connectivity index (χ2v) is 9.38. The van der Waals surface area contributed by atoms with Crippen molar-refractivity contribution in [2.75, 3.05) is 18.4 Å². The number of hydrazine groups is 1. The highest BCUT2D eigenvalue weighted by atomic mass is 19.1. The molecule has 2 aromatic carbocycles. The Morgan fingerprint density at radius 2 is 1.86 bits per heavy atom. The van der Waals surface area contributed by atoms with E-state index in [1.165, 1.54) is 12.1 Å². The number of anilines is 1. The number of nitrogens with two attached hydrogens (primary N) is 1. The topological polar surface area (TPSA) is 119 Å². The number of aromatic amines is 1. The van der Waals surface area contributed by atoms with Gasteiger partial charge in [-0.15, -0.1) is 0 Å². The quantitative estimate of drug-likeness (QED) is 0.365. The number of aliphatic imine (C=N–C) groups is 2. The van der Waals surface area contributed by atoms with E-state index in [0.29, 0.717) is 17.5 Å². The lowest BCUT2D eigenvalue weighted by Gasteiger charge is -2.36. The number of rotatable bonds is 5. The van der Waals surface area contributed by atoms with Crippen LogP contribution in [0.25, 0.3) is 11.3 Å². The first-order chi connectivity index (χ1) is 18.0. The first kappa shape index (κ1) is 23.3. The van der Waals surface area contributed by atoms with Crippen molar-refractivity contribution in [3.8, 4) is 11.3 Å². The Bertz CT molecular complexity index is 1390. The molecule has 37 heavy (non-hydrogen) atoms. The molecule has 6 rings (SSSR count). The van der Waals surface area contributed by atoms with Crippen LogP contribution in [0.1, 0.15) is 18.4 Å². The average Bonchev–Trinajstić information content (AvgIpc) is 3.54. The summed E-state index contributed by atoms with van der Waals surface area (Å²) in [5, 5.41) is 16.1. The minimum absolute atomic E-state index is 0.0447. The van der Waals surface area contributed by atoms with Crippen LogP contribution < -0.4 is 21.8 Å². The van der Waals surface area contributed by atoms with Crippen LogP contribution in [0, 0.1) is 11.6 Å². The molecule has 0 spiro atoms. The van der Waals surface area contributed by atoms with Gasteiger partial charge in [-0.2, -0.15) is 5.10 Å². The number of nitrogens with zero attached hydrogens (tertiary/aromatic N) is 4. The summed E-state index contributed by atoms with van der Waals surface area (Å²) < 4.78 is 28.1. The van der Waals surface area contributed by atoms with Gasteiger partial charge in [-0.3, -0.25) is 15.8 Å². The zero-order valence-electron chi connectivity index (χ0n) is 20.0. The minimum atomic E-state index is -1.51. The molecule has 9 nitrogen and oxygen atoms in total. The van der Waals surface area contributed by atoms with Gasteiger partial charge in [0.2, 0.25) is 5.79 Å². The molecule has 3 aromatic rings. The molecule has 1 saturated heterocycles. The largest absolute Gasteiger partial charge is 0.323 e. The number of amidine groups is 2. The Morgan fingerprint density at radius 1 is 1.05 bits per heavy atom. The molecule has 6 N–H and O–H groups in total. The van der Waals surface area contributed by atoms with Crippen molar-refractivity contribution in [2.45, 2.75) is 31.1 Å². The van der Waals surface area contributed by atoms with Gasteiger partial charge in [0.15, 0.2) is 11.7 Å². The van der Waals surface area contributed by atoms with Crippen LogP contribution in [0.4, 0.5) is 14.6 Å². The van der Waals surface area contributed by atoms with Crippen molar-refractivity contribution in [2.24, 2.45) is 15.7 Å². The number of fused-ring (bicyclic) bond motifs is 1. The fraction of sp³-hybridized carbons (Fsp3) is 0.269. The van der Waals surface area contributed by atoms with Crippen LogP contribution in [0.5, 0.6) is 0 Å². The maximum absolute atomic E-state index is 14.6. The zero-order chi connectivity index (χ0) is 25.4. The van der Waals surface area contributed by atoms with Crippen molar-refractivity contribution in [3.05, 3.63) is 83.6 Å². The van der Waals surface area contributed by atoms with Crippen molar-refractivity contribution < 1.29 is 8.78 Å². The van der Waals surface area contributed by atoms with E-state index < -0.39 is 17.4 Å². The molecule has 1 atom stereocenters. The van der Waals surface area contributed by atoms with Crippen LogP contribution in [0.3, 0.4) is 0 Å². The Hall–Kier alpha value is -4.09. The third kappa shape index (κ3) is 4.70. The Kier molecular flexibility index (Phi) is 5.93. The molecule has 4 heterocycles. The Morgan fingerprint density at radius 3 is 2.65 bits per heavy atom. The lowest BCUT2D eigenvalue weighted by Crippen LogP contribution is -2.53. The maximum atomic E-state index is 14.6. The standard InChI is InChI=1S/C26H27F2N9/c27-18-7-6-17(21(28)12-18)14-26(29)33-24(32-23-13-22(35-36-23)16-4-2-1-3-5-16)20-15-31-37(25(20)34-26)19-8-10-30-11-9-19/h1-7,12-13,15,19,30-31H,8-11,14,29H2,(H2,32,33,35,36). The lowest BCUT2D eigenvalue weighted by atomic mass is 10.0. The van der Waals surface area contributed by atoms with Gasteiger partial charge in [0.1, 0.15) is 17.5 Å². The van der Waals surface area contributed by atoms with E-state index in [1.807, 2.05) is 47.6 Å². The normalized spacial score (nSPS) is 21.6. The molecule has 0 aliphatic carbocycles. The van der Waals surface area contributed by atoms with E-state index in [9.17, 15) is 8.78 Å². The molecule has 1 fully saturated rings. The van der Waals surface area contributed by atoms with Gasteiger partial charge in [-0.05, 0) is 43.1 Å². The van der Waals surface area contributed by atoms with E-state index in [4.69, 9.17) is 15.7 Å². The molecule has 11 heteroatoms. The third-order valence-electron chi connectivity index (χ3n) is 6.73. The van der Waals surface area contributed by atoms with Gasteiger partial charge in [-0.1, -0.05) is 36.4 Å². The van der Waals surface area contributed by atoms with E-state index in [2.05, 4.69) is 26.3 Å². The molecular formula is C26H27F2N9. The Balaban J connectivity index is 1.34. The molecule has 0 bridgehead atoms. The summed E-state index contributed by atoms with van der Waals surface area (Å²) >= 11 is 0. The average molecular weight is 504 g/mol. The summed E-state index contributed by atoms with van der Waals surface area (Å²) in [7, 11) is 0. The van der Waals surface area contributed by atoms with Crippen LogP contribution in [0.15, 0.2) is 76.4 Å². The monoisotopic (exact) mass is 503 g/mol. The van der Waals surface area contributed by atoms with E-state index in [1.54, 1.807) is 0 Å². The summed E-state index contributed by atoms with van der Waals surface area (Å²) in [6, 6.07) is 15.4. The minimum Gasteiger partial charge on any atom is -0.323 e. The van der Waals surface area contributed by atoms with Gasteiger partial charge in [0.05, 0.1) is 17.3 Å². The number of H-pyrrole nitrogens is 1. The van der Waals surface area contributed by atoms with E-state index in [0.717, 1.165) is 48.8 Å². The van der Waals surface area contributed by atoms with Gasteiger partial charge in [0.25, 0.3) is 0 Å². The number of piperidine rings is 1. The molecular weight excluding hydrogens is 476 g/mol. The van der Waals surface area contributed by atoms with Crippen molar-refractivity contribution in [3.63, 3.8) is 0 Å². The smallest absolute Gasteiger partial charge is 0.210 e. The Labute approximate surface area is 212 Å². The van der Waals surface area contributed by atoms with Crippen molar-refractivity contribution >= 4 is 17.5 Å². The molecule has 190 valence electrons. The maximum Gasteiger partial charge on any atom is 0.210 e. The highest BCUT2D eigenvalue weighted by molar-refractivity contribution is 6.28. The van der Waals surface area contributed by atoms with E-state index in [-0.39, 0.29) is 18.0 Å². The lowest BCUT2D eigenvalue weighted by molar-refractivity contribution is 0.220. The number of nitrogens with one attached hydrogen (secondary N) is 4. The van der Waals surface area contributed by atoms with Crippen LogP contribution in [0.2, 0.25) is 0 Å². The molecule has 0 radical (unpaired) electrons. The molecule has 3 aliphatic rings. The van der Waals surface area contributed by atoms with Gasteiger partial charge in [-0.25, -0.2) is 18.8 Å². The highest BCUT2D eigenvalue weighted by Crippen LogP contribution is 2.29. The number of halogens is 2. The molecule has 0 saturated carbocycles. The number of hydrogen-bond donors (Lipinski definition) is 5. The van der Waals surface area contributed by atoms with Crippen LogP contribution in [-0.4, -0.2) is 51.8 Å². The zero-order valence-corrected chi connectivity index (χ0v) is 20.0. The predicted molar refractivity (Wildman–Crippen MR) is 138 cm³/mol. The van der Waals surface area contributed by atoms with Gasteiger partial charge >= 0.3 is 0 Å². The first-order valence-electron chi connectivity index (χ1n) is 12.2. The number of aromatic nitrogens is 2.